The third kappa shape index (κ3) is 12.9. The number of rotatable bonds is 18. The van der Waals surface area contributed by atoms with Crippen molar-refractivity contribution in [3.8, 4) is 11.5 Å². The highest BCUT2D eigenvalue weighted by Gasteiger charge is 2.13. The Hall–Kier alpha value is -0.220. The summed E-state index contributed by atoms with van der Waals surface area (Å²) in [4.78, 5) is 0. The lowest BCUT2D eigenvalue weighted by Crippen LogP contribution is -2.08. The molecule has 2 atom stereocenters. The molecule has 0 aliphatic rings. The first-order valence-corrected chi connectivity index (χ1v) is 15.0. The molecule has 0 N–H and O–H groups in total. The highest BCUT2D eigenvalue weighted by molar-refractivity contribution is 9.08. The van der Waals surface area contributed by atoms with Crippen LogP contribution >= 0.6 is 31.9 Å². The van der Waals surface area contributed by atoms with Crippen LogP contribution < -0.4 is 9.47 Å². The Bertz CT molecular complexity index is 562. The molecule has 0 amide bonds. The minimum atomic E-state index is 0.710. The minimum Gasteiger partial charge on any atom is -0.493 e. The van der Waals surface area contributed by atoms with Gasteiger partial charge in [-0.3, -0.25) is 0 Å². The molecule has 0 fully saturated rings. The third-order valence-corrected chi connectivity index (χ3v) is 7.43. The Kier molecular flexibility index (Phi) is 16.1. The zero-order valence-corrected chi connectivity index (χ0v) is 24.7. The fraction of sp³-hybridized carbons (Fsp3) is 0.786. The zero-order chi connectivity index (χ0) is 23.9. The Labute approximate surface area is 215 Å². The van der Waals surface area contributed by atoms with Crippen LogP contribution in [-0.4, -0.2) is 13.2 Å². The van der Waals surface area contributed by atoms with Gasteiger partial charge in [0.15, 0.2) is 0 Å². The summed E-state index contributed by atoms with van der Waals surface area (Å²) < 4.78 is 12.4. The van der Waals surface area contributed by atoms with Gasteiger partial charge in [-0.1, -0.05) is 112 Å². The topological polar surface area (TPSA) is 18.5 Å². The summed E-state index contributed by atoms with van der Waals surface area (Å²) in [6, 6.07) is 4.33. The van der Waals surface area contributed by atoms with Crippen molar-refractivity contribution in [2.75, 3.05) is 13.2 Å². The predicted molar refractivity (Wildman–Crippen MR) is 148 cm³/mol. The molecule has 0 bridgehead atoms. The molecular weight excluding hydrogens is 528 g/mol. The molecule has 0 unspecified atom stereocenters. The molecule has 1 rings (SSSR count). The molecule has 4 heteroatoms. The molecule has 0 spiro atoms. The van der Waals surface area contributed by atoms with Crippen molar-refractivity contribution in [3.63, 3.8) is 0 Å². The van der Waals surface area contributed by atoms with Gasteiger partial charge in [-0.25, -0.2) is 0 Å². The highest BCUT2D eigenvalue weighted by atomic mass is 79.9. The SMILES string of the molecule is CC(C)CCC[C@H](C)CCOc1cc(CBr)c(OCC[C@@H](C)CCCC(C)C)cc1CBr. The Balaban J connectivity index is 2.55. The largest absolute Gasteiger partial charge is 0.493 e. The van der Waals surface area contributed by atoms with Gasteiger partial charge in [0.2, 0.25) is 0 Å². The molecule has 1 aromatic carbocycles. The summed E-state index contributed by atoms with van der Waals surface area (Å²) >= 11 is 7.28. The monoisotopic (exact) mass is 574 g/mol. The van der Waals surface area contributed by atoms with E-state index in [-0.39, 0.29) is 0 Å². The number of benzene rings is 1. The molecule has 0 aliphatic heterocycles. The van der Waals surface area contributed by atoms with Gasteiger partial charge in [0.1, 0.15) is 11.5 Å². The van der Waals surface area contributed by atoms with Crippen LogP contribution in [0.3, 0.4) is 0 Å². The molecule has 186 valence electrons. The normalized spacial score (nSPS) is 13.6. The fourth-order valence-electron chi connectivity index (χ4n) is 3.90. The molecule has 0 radical (unpaired) electrons. The maximum Gasteiger partial charge on any atom is 0.123 e. The Morgan fingerprint density at radius 2 is 0.969 bits per heavy atom. The van der Waals surface area contributed by atoms with E-state index >= 15 is 0 Å². The quantitative estimate of drug-likeness (QED) is 0.162. The van der Waals surface area contributed by atoms with Gasteiger partial charge < -0.3 is 9.47 Å². The average Bonchev–Trinajstić information content (AvgIpc) is 2.73. The molecular formula is C28H48Br2O2. The van der Waals surface area contributed by atoms with Gasteiger partial charge in [-0.05, 0) is 48.6 Å². The van der Waals surface area contributed by atoms with Crippen LogP contribution in [-0.2, 0) is 10.7 Å². The highest BCUT2D eigenvalue weighted by Crippen LogP contribution is 2.33. The lowest BCUT2D eigenvalue weighted by atomic mass is 9.97. The number of ether oxygens (including phenoxy) is 2. The van der Waals surface area contributed by atoms with Crippen molar-refractivity contribution in [1.29, 1.82) is 0 Å². The van der Waals surface area contributed by atoms with E-state index in [0.29, 0.717) is 11.8 Å². The van der Waals surface area contributed by atoms with Crippen LogP contribution in [0.15, 0.2) is 12.1 Å². The summed E-state index contributed by atoms with van der Waals surface area (Å²) in [5.41, 5.74) is 2.34. The van der Waals surface area contributed by atoms with Gasteiger partial charge in [0.25, 0.3) is 0 Å². The van der Waals surface area contributed by atoms with E-state index in [1.165, 1.54) is 49.7 Å². The van der Waals surface area contributed by atoms with Gasteiger partial charge in [-0.15, -0.1) is 0 Å². The number of halogens is 2. The van der Waals surface area contributed by atoms with Gasteiger partial charge in [0, 0.05) is 21.8 Å². The maximum absolute atomic E-state index is 6.22. The second-order valence-corrected chi connectivity index (χ2v) is 11.6. The molecule has 0 heterocycles. The van der Waals surface area contributed by atoms with Crippen molar-refractivity contribution in [1.82, 2.24) is 0 Å². The maximum atomic E-state index is 6.22. The van der Waals surface area contributed by atoms with Gasteiger partial charge >= 0.3 is 0 Å². The molecule has 1 aromatic rings. The summed E-state index contributed by atoms with van der Waals surface area (Å²) in [6.07, 6.45) is 10.1. The van der Waals surface area contributed by atoms with Crippen molar-refractivity contribution in [3.05, 3.63) is 23.3 Å². The summed E-state index contributed by atoms with van der Waals surface area (Å²) in [5, 5.41) is 1.55. The zero-order valence-electron chi connectivity index (χ0n) is 21.5. The fourth-order valence-corrected chi connectivity index (χ4v) is 4.78. The molecule has 0 saturated heterocycles. The number of alkyl halides is 2. The molecule has 0 aliphatic carbocycles. The lowest BCUT2D eigenvalue weighted by molar-refractivity contribution is 0.266. The van der Waals surface area contributed by atoms with Crippen molar-refractivity contribution >= 4 is 31.9 Å². The van der Waals surface area contributed by atoms with Crippen LogP contribution in [0.1, 0.15) is 104 Å². The molecule has 32 heavy (non-hydrogen) atoms. The van der Waals surface area contributed by atoms with E-state index in [9.17, 15) is 0 Å². The van der Waals surface area contributed by atoms with E-state index in [1.54, 1.807) is 0 Å². The Morgan fingerprint density at radius 1 is 0.594 bits per heavy atom. The third-order valence-electron chi connectivity index (χ3n) is 6.22. The summed E-state index contributed by atoms with van der Waals surface area (Å²) in [5.74, 6) is 5.00. The summed E-state index contributed by atoms with van der Waals surface area (Å²) in [7, 11) is 0. The van der Waals surface area contributed by atoms with Crippen LogP contribution in [0.4, 0.5) is 0 Å². The van der Waals surface area contributed by atoms with Gasteiger partial charge in [0.05, 0.1) is 13.2 Å². The predicted octanol–water partition coefficient (Wildman–Crippen LogP) is 9.94. The number of hydrogen-bond donors (Lipinski definition) is 0. The summed E-state index contributed by atoms with van der Waals surface area (Å²) in [6.45, 7) is 15.5. The standard InChI is InChI=1S/C28H48Br2O2/c1-21(2)9-7-11-23(5)13-15-31-27-17-26(20-30)28(18-25(27)19-29)32-16-14-24(6)12-8-10-22(3)4/h17-18,21-24H,7-16,19-20H2,1-6H3/t23-,24-/m0/s1. The van der Waals surface area contributed by atoms with E-state index < -0.39 is 0 Å². The van der Waals surface area contributed by atoms with Gasteiger partial charge in [-0.2, -0.15) is 0 Å². The lowest BCUT2D eigenvalue weighted by Gasteiger charge is -2.18. The van der Waals surface area contributed by atoms with Crippen molar-refractivity contribution in [2.24, 2.45) is 23.7 Å². The van der Waals surface area contributed by atoms with Crippen molar-refractivity contribution in [2.45, 2.75) is 104 Å². The molecule has 0 aromatic heterocycles. The first kappa shape index (κ1) is 29.8. The average molecular weight is 576 g/mol. The smallest absolute Gasteiger partial charge is 0.123 e. The van der Waals surface area contributed by atoms with Crippen molar-refractivity contribution < 1.29 is 9.47 Å². The van der Waals surface area contributed by atoms with Crippen LogP contribution in [0, 0.1) is 23.7 Å². The van der Waals surface area contributed by atoms with Crippen LogP contribution in [0.25, 0.3) is 0 Å². The second-order valence-electron chi connectivity index (χ2n) is 10.5. The van der Waals surface area contributed by atoms with Crippen LogP contribution in [0.5, 0.6) is 11.5 Å². The second kappa shape index (κ2) is 17.2. The first-order valence-electron chi connectivity index (χ1n) is 12.8. The van der Waals surface area contributed by atoms with E-state index in [2.05, 4.69) is 85.5 Å². The van der Waals surface area contributed by atoms with E-state index in [0.717, 1.165) is 60.1 Å². The molecule has 0 saturated carbocycles. The Morgan fingerprint density at radius 3 is 1.28 bits per heavy atom. The molecule has 2 nitrogen and oxygen atoms in total. The van der Waals surface area contributed by atoms with E-state index in [1.807, 2.05) is 0 Å². The van der Waals surface area contributed by atoms with E-state index in [4.69, 9.17) is 9.47 Å². The number of hydrogen-bond acceptors (Lipinski definition) is 2. The van der Waals surface area contributed by atoms with Crippen LogP contribution in [0.2, 0.25) is 0 Å². The minimum absolute atomic E-state index is 0.710. The first-order chi connectivity index (χ1) is 15.3.